The Morgan fingerprint density at radius 1 is 1.18 bits per heavy atom. The highest BCUT2D eigenvalue weighted by Gasteiger charge is 1.99. The Morgan fingerprint density at radius 2 is 2.06 bits per heavy atom. The highest BCUT2D eigenvalue weighted by molar-refractivity contribution is 7.98. The Bertz CT molecular complexity index is 465. The molecule has 0 unspecified atom stereocenters. The third kappa shape index (κ3) is 3.37. The van der Waals surface area contributed by atoms with E-state index in [-0.39, 0.29) is 0 Å². The molecule has 0 radical (unpaired) electrons. The molecule has 0 fully saturated rings. The van der Waals surface area contributed by atoms with Crippen LogP contribution in [0.25, 0.3) is 10.9 Å². The number of fused-ring (bicyclic) bond motifs is 1. The molecule has 1 aromatic carbocycles. The molecule has 90 valence electrons. The van der Waals surface area contributed by atoms with Gasteiger partial charge in [-0.1, -0.05) is 18.2 Å². The Labute approximate surface area is 107 Å². The van der Waals surface area contributed by atoms with Gasteiger partial charge in [0.25, 0.3) is 0 Å². The van der Waals surface area contributed by atoms with E-state index in [2.05, 4.69) is 40.8 Å². The molecular weight excluding hydrogens is 228 g/mol. The van der Waals surface area contributed by atoms with E-state index >= 15 is 0 Å². The van der Waals surface area contributed by atoms with Crippen LogP contribution in [0.3, 0.4) is 0 Å². The van der Waals surface area contributed by atoms with Gasteiger partial charge in [-0.2, -0.15) is 11.8 Å². The minimum absolute atomic E-state index is 1.02. The van der Waals surface area contributed by atoms with Gasteiger partial charge in [0, 0.05) is 18.1 Å². The fraction of sp³-hybridized carbons (Fsp3) is 0.357. The Balaban J connectivity index is 1.98. The van der Waals surface area contributed by atoms with Crippen molar-refractivity contribution >= 4 is 28.4 Å². The van der Waals surface area contributed by atoms with Gasteiger partial charge in [-0.15, -0.1) is 0 Å². The molecule has 0 saturated carbocycles. The summed E-state index contributed by atoms with van der Waals surface area (Å²) in [6, 6.07) is 10.4. The lowest BCUT2D eigenvalue weighted by Gasteiger charge is -2.08. The molecule has 0 atom stereocenters. The first-order valence-electron chi connectivity index (χ1n) is 5.98. The molecule has 0 aliphatic rings. The van der Waals surface area contributed by atoms with E-state index in [0.717, 1.165) is 17.7 Å². The summed E-state index contributed by atoms with van der Waals surface area (Å²) in [6.07, 6.45) is 6.49. The quantitative estimate of drug-likeness (QED) is 0.785. The summed E-state index contributed by atoms with van der Waals surface area (Å²) in [5.74, 6) is 1.25. The zero-order valence-electron chi connectivity index (χ0n) is 10.1. The van der Waals surface area contributed by atoms with E-state index in [4.69, 9.17) is 0 Å². The van der Waals surface area contributed by atoms with E-state index in [0.29, 0.717) is 0 Å². The third-order valence-electron chi connectivity index (χ3n) is 2.72. The Hall–Kier alpha value is -1.22. The average molecular weight is 246 g/mol. The summed E-state index contributed by atoms with van der Waals surface area (Å²) in [6.45, 7) is 1.02. The van der Waals surface area contributed by atoms with Crippen LogP contribution in [-0.4, -0.2) is 23.5 Å². The van der Waals surface area contributed by atoms with Gasteiger partial charge >= 0.3 is 0 Å². The number of benzene rings is 1. The maximum absolute atomic E-state index is 4.43. The Kier molecular flexibility index (Phi) is 4.68. The van der Waals surface area contributed by atoms with Crippen molar-refractivity contribution in [1.29, 1.82) is 0 Å². The number of thioether (sulfide) groups is 1. The van der Waals surface area contributed by atoms with E-state index in [1.54, 1.807) is 0 Å². The maximum atomic E-state index is 4.43. The molecule has 17 heavy (non-hydrogen) atoms. The van der Waals surface area contributed by atoms with Crippen molar-refractivity contribution < 1.29 is 0 Å². The third-order valence-corrected chi connectivity index (χ3v) is 3.42. The number of aromatic nitrogens is 1. The zero-order chi connectivity index (χ0) is 11.9. The van der Waals surface area contributed by atoms with Crippen LogP contribution < -0.4 is 5.32 Å². The first kappa shape index (κ1) is 12.2. The molecule has 2 rings (SSSR count). The number of hydrogen-bond acceptors (Lipinski definition) is 3. The number of para-hydroxylation sites is 1. The first-order valence-corrected chi connectivity index (χ1v) is 7.38. The number of hydrogen-bond donors (Lipinski definition) is 1. The summed E-state index contributed by atoms with van der Waals surface area (Å²) in [4.78, 5) is 4.43. The average Bonchev–Trinajstić information content (AvgIpc) is 2.39. The molecular formula is C14H18N2S. The van der Waals surface area contributed by atoms with Crippen LogP contribution in [0, 0.1) is 0 Å². The maximum Gasteiger partial charge on any atom is 0.0933 e. The predicted octanol–water partition coefficient (Wildman–Crippen LogP) is 3.79. The van der Waals surface area contributed by atoms with Crippen LogP contribution >= 0.6 is 11.8 Å². The molecule has 0 aliphatic heterocycles. The van der Waals surface area contributed by atoms with E-state index in [1.165, 1.54) is 24.0 Å². The fourth-order valence-corrected chi connectivity index (χ4v) is 2.33. The van der Waals surface area contributed by atoms with Gasteiger partial charge in [-0.3, -0.25) is 4.98 Å². The fourth-order valence-electron chi connectivity index (χ4n) is 1.84. The van der Waals surface area contributed by atoms with Gasteiger partial charge < -0.3 is 5.32 Å². The summed E-state index contributed by atoms with van der Waals surface area (Å²) in [7, 11) is 0. The molecule has 1 heterocycles. The van der Waals surface area contributed by atoms with Gasteiger partial charge in [0.2, 0.25) is 0 Å². The normalized spacial score (nSPS) is 10.6. The smallest absolute Gasteiger partial charge is 0.0933 e. The summed E-state index contributed by atoms with van der Waals surface area (Å²) >= 11 is 1.91. The van der Waals surface area contributed by atoms with Crippen LogP contribution in [0.15, 0.2) is 36.5 Å². The summed E-state index contributed by atoms with van der Waals surface area (Å²) < 4.78 is 0. The highest BCUT2D eigenvalue weighted by atomic mass is 32.2. The van der Waals surface area contributed by atoms with Crippen molar-refractivity contribution in [1.82, 2.24) is 4.98 Å². The zero-order valence-corrected chi connectivity index (χ0v) is 11.0. The van der Waals surface area contributed by atoms with Crippen LogP contribution in [0.5, 0.6) is 0 Å². The number of rotatable bonds is 6. The van der Waals surface area contributed by atoms with E-state index < -0.39 is 0 Å². The van der Waals surface area contributed by atoms with Crippen molar-refractivity contribution in [2.45, 2.75) is 12.8 Å². The van der Waals surface area contributed by atoms with Gasteiger partial charge in [-0.05, 0) is 37.0 Å². The van der Waals surface area contributed by atoms with Gasteiger partial charge in [0.05, 0.1) is 11.2 Å². The molecule has 2 aromatic rings. The molecule has 0 aliphatic carbocycles. The van der Waals surface area contributed by atoms with Gasteiger partial charge in [-0.25, -0.2) is 0 Å². The van der Waals surface area contributed by atoms with Crippen LogP contribution in [-0.2, 0) is 0 Å². The summed E-state index contributed by atoms with van der Waals surface area (Å²) in [5.41, 5.74) is 2.21. The highest BCUT2D eigenvalue weighted by Crippen LogP contribution is 2.20. The number of pyridine rings is 1. The second-order valence-corrected chi connectivity index (χ2v) is 4.99. The molecule has 0 amide bonds. The van der Waals surface area contributed by atoms with Crippen LogP contribution in [0.2, 0.25) is 0 Å². The van der Waals surface area contributed by atoms with Crippen molar-refractivity contribution in [2.75, 3.05) is 23.9 Å². The van der Waals surface area contributed by atoms with Gasteiger partial charge in [0.1, 0.15) is 0 Å². The standard InChI is InChI=1S/C14H18N2S/c1-17-11-3-2-9-15-13-8-4-6-12-7-5-10-16-14(12)13/h4-8,10,15H,2-3,9,11H2,1H3. The summed E-state index contributed by atoms with van der Waals surface area (Å²) in [5, 5.41) is 4.67. The number of nitrogens with one attached hydrogen (secondary N) is 1. The van der Waals surface area contributed by atoms with Crippen molar-refractivity contribution in [3.63, 3.8) is 0 Å². The molecule has 1 aromatic heterocycles. The van der Waals surface area contributed by atoms with Crippen molar-refractivity contribution in [2.24, 2.45) is 0 Å². The Morgan fingerprint density at radius 3 is 2.94 bits per heavy atom. The second-order valence-electron chi connectivity index (χ2n) is 4.01. The molecule has 0 saturated heterocycles. The predicted molar refractivity (Wildman–Crippen MR) is 77.8 cm³/mol. The number of anilines is 1. The van der Waals surface area contributed by atoms with E-state index in [9.17, 15) is 0 Å². The lowest BCUT2D eigenvalue weighted by molar-refractivity contribution is 0.844. The monoisotopic (exact) mass is 246 g/mol. The molecule has 0 bridgehead atoms. The first-order chi connectivity index (χ1) is 8.42. The van der Waals surface area contributed by atoms with Crippen LogP contribution in [0.4, 0.5) is 5.69 Å². The number of unbranched alkanes of at least 4 members (excludes halogenated alkanes) is 1. The molecule has 2 nitrogen and oxygen atoms in total. The van der Waals surface area contributed by atoms with Gasteiger partial charge in [0.15, 0.2) is 0 Å². The lowest BCUT2D eigenvalue weighted by Crippen LogP contribution is -2.02. The molecule has 0 spiro atoms. The minimum Gasteiger partial charge on any atom is -0.383 e. The largest absolute Gasteiger partial charge is 0.383 e. The molecule has 1 N–H and O–H groups in total. The lowest BCUT2D eigenvalue weighted by atomic mass is 10.2. The van der Waals surface area contributed by atoms with Crippen LogP contribution in [0.1, 0.15) is 12.8 Å². The van der Waals surface area contributed by atoms with E-state index in [1.807, 2.05) is 24.0 Å². The van der Waals surface area contributed by atoms with Crippen molar-refractivity contribution in [3.05, 3.63) is 36.5 Å². The SMILES string of the molecule is CSCCCCNc1cccc2cccnc12. The minimum atomic E-state index is 1.02. The second kappa shape index (κ2) is 6.50. The van der Waals surface area contributed by atoms with Crippen molar-refractivity contribution in [3.8, 4) is 0 Å². The number of nitrogens with zero attached hydrogens (tertiary/aromatic N) is 1. The topological polar surface area (TPSA) is 24.9 Å². The molecule has 3 heteroatoms.